The van der Waals surface area contributed by atoms with Crippen LogP contribution in [0.3, 0.4) is 0 Å². The minimum Gasteiger partial charge on any atom is -0.386 e. The maximum absolute atomic E-state index is 11.3. The zero-order chi connectivity index (χ0) is 20.6. The highest BCUT2D eigenvalue weighted by molar-refractivity contribution is 5.78. The number of aryl methyl sites for hydroxylation is 3. The summed E-state index contributed by atoms with van der Waals surface area (Å²) in [7, 11) is 0. The Morgan fingerprint density at radius 3 is 2.67 bits per heavy atom. The van der Waals surface area contributed by atoms with E-state index in [1.165, 1.54) is 11.1 Å². The summed E-state index contributed by atoms with van der Waals surface area (Å²) in [6, 6.07) is 8.19. The Kier molecular flexibility index (Phi) is 3.90. The maximum Gasteiger partial charge on any atom is 0.164 e. The van der Waals surface area contributed by atoms with E-state index in [0.717, 1.165) is 35.1 Å². The number of hydrogen-bond donors (Lipinski definition) is 1. The Bertz CT molecular complexity index is 1140. The van der Waals surface area contributed by atoms with Gasteiger partial charge in [0.15, 0.2) is 12.0 Å². The Hall–Kier alpha value is -2.32. The molecule has 7 nitrogen and oxygen atoms in total. The fourth-order valence-electron chi connectivity index (χ4n) is 4.98. The lowest BCUT2D eigenvalue weighted by atomic mass is 9.85. The number of ether oxygens (including phenoxy) is 3. The fourth-order valence-corrected chi connectivity index (χ4v) is 4.98. The van der Waals surface area contributed by atoms with Crippen LogP contribution in [0.2, 0.25) is 0 Å². The predicted octanol–water partition coefficient (Wildman–Crippen LogP) is 2.99. The maximum atomic E-state index is 11.3. The van der Waals surface area contributed by atoms with E-state index in [1.807, 2.05) is 43.7 Å². The second kappa shape index (κ2) is 6.34. The Morgan fingerprint density at radius 2 is 1.90 bits per heavy atom. The molecule has 3 aliphatic rings. The summed E-state index contributed by atoms with van der Waals surface area (Å²) in [6.45, 7) is 5.76. The van der Waals surface area contributed by atoms with Crippen molar-refractivity contribution >= 4 is 11.0 Å². The van der Waals surface area contributed by atoms with Crippen LogP contribution in [0.1, 0.15) is 48.6 Å². The van der Waals surface area contributed by atoms with Gasteiger partial charge < -0.3 is 23.9 Å². The van der Waals surface area contributed by atoms with E-state index in [2.05, 4.69) is 22.1 Å². The molecule has 1 aliphatic carbocycles. The van der Waals surface area contributed by atoms with Crippen molar-refractivity contribution in [1.29, 1.82) is 0 Å². The van der Waals surface area contributed by atoms with E-state index in [1.54, 1.807) is 6.33 Å². The van der Waals surface area contributed by atoms with Gasteiger partial charge in [0, 0.05) is 11.6 Å². The van der Waals surface area contributed by atoms with Crippen molar-refractivity contribution in [1.82, 2.24) is 14.5 Å². The predicted molar refractivity (Wildman–Crippen MR) is 109 cm³/mol. The fraction of sp³-hybridized carbons (Fsp3) is 0.478. The molecule has 3 aromatic rings. The minimum atomic E-state index is -0.802. The third-order valence-electron chi connectivity index (χ3n) is 6.59. The van der Waals surface area contributed by atoms with E-state index >= 15 is 0 Å². The second-order valence-corrected chi connectivity index (χ2v) is 8.95. The highest BCUT2D eigenvalue weighted by atomic mass is 16.8. The van der Waals surface area contributed by atoms with Gasteiger partial charge in [-0.3, -0.25) is 0 Å². The quantitative estimate of drug-likeness (QED) is 0.719. The topological polar surface area (TPSA) is 78.6 Å². The van der Waals surface area contributed by atoms with Gasteiger partial charge >= 0.3 is 0 Å². The van der Waals surface area contributed by atoms with Crippen LogP contribution in [0.15, 0.2) is 36.8 Å². The summed E-state index contributed by atoms with van der Waals surface area (Å²) in [5.41, 5.74) is 5.24. The molecule has 1 unspecified atom stereocenters. The summed E-state index contributed by atoms with van der Waals surface area (Å²) in [6.07, 6.45) is 3.17. The molecule has 0 saturated carbocycles. The first-order chi connectivity index (χ1) is 14.4. The Morgan fingerprint density at radius 1 is 1.10 bits per heavy atom. The lowest BCUT2D eigenvalue weighted by Crippen LogP contribution is -2.34. The number of aromatic nitrogens is 3. The SMILES string of the molecule is Cc1ncnc2c1ccn2C1O[C@H]([C@H](O)c2ccc3c(c2)CC3)[C@H]2OC(C)(C)O[C@@H]12. The molecule has 4 heterocycles. The molecule has 0 radical (unpaired) electrons. The Balaban J connectivity index is 1.38. The molecule has 0 bridgehead atoms. The van der Waals surface area contributed by atoms with E-state index < -0.39 is 24.2 Å². The summed E-state index contributed by atoms with van der Waals surface area (Å²) < 4.78 is 20.8. The van der Waals surface area contributed by atoms with Gasteiger partial charge in [-0.1, -0.05) is 18.2 Å². The van der Waals surface area contributed by atoms with Crippen molar-refractivity contribution in [2.45, 2.75) is 70.0 Å². The van der Waals surface area contributed by atoms with Gasteiger partial charge in [0.25, 0.3) is 0 Å². The molecule has 2 aromatic heterocycles. The largest absolute Gasteiger partial charge is 0.386 e. The van der Waals surface area contributed by atoms with E-state index in [-0.39, 0.29) is 12.2 Å². The zero-order valence-electron chi connectivity index (χ0n) is 17.3. The van der Waals surface area contributed by atoms with Gasteiger partial charge in [-0.2, -0.15) is 0 Å². The van der Waals surface area contributed by atoms with Gasteiger partial charge in [-0.05, 0) is 56.4 Å². The first-order valence-corrected chi connectivity index (χ1v) is 10.5. The van der Waals surface area contributed by atoms with Crippen LogP contribution in [-0.4, -0.2) is 43.7 Å². The highest BCUT2D eigenvalue weighted by Crippen LogP contribution is 2.47. The number of nitrogens with zero attached hydrogens (tertiary/aromatic N) is 3. The molecule has 7 heteroatoms. The lowest BCUT2D eigenvalue weighted by Gasteiger charge is -2.28. The lowest BCUT2D eigenvalue weighted by molar-refractivity contribution is -0.207. The van der Waals surface area contributed by atoms with Crippen LogP contribution in [-0.2, 0) is 27.1 Å². The smallest absolute Gasteiger partial charge is 0.164 e. The van der Waals surface area contributed by atoms with Gasteiger partial charge in [-0.15, -0.1) is 0 Å². The normalized spacial score (nSPS) is 30.1. The molecule has 2 saturated heterocycles. The van der Waals surface area contributed by atoms with Crippen LogP contribution in [0.4, 0.5) is 0 Å². The molecule has 1 aromatic carbocycles. The van der Waals surface area contributed by atoms with E-state index in [4.69, 9.17) is 14.2 Å². The van der Waals surface area contributed by atoms with Gasteiger partial charge in [0.05, 0.1) is 5.69 Å². The van der Waals surface area contributed by atoms with Crippen molar-refractivity contribution in [3.8, 4) is 0 Å². The molecule has 0 spiro atoms. The van der Waals surface area contributed by atoms with Crippen molar-refractivity contribution in [2.75, 3.05) is 0 Å². The molecule has 2 aliphatic heterocycles. The third-order valence-corrected chi connectivity index (χ3v) is 6.59. The molecule has 1 N–H and O–H groups in total. The molecular formula is C23H25N3O4. The first-order valence-electron chi connectivity index (χ1n) is 10.5. The second-order valence-electron chi connectivity index (χ2n) is 8.95. The van der Waals surface area contributed by atoms with Gasteiger partial charge in [0.1, 0.15) is 36.4 Å². The molecule has 0 amide bonds. The monoisotopic (exact) mass is 407 g/mol. The average Bonchev–Trinajstić information content (AvgIpc) is 3.33. The van der Waals surface area contributed by atoms with Gasteiger partial charge in [-0.25, -0.2) is 9.97 Å². The van der Waals surface area contributed by atoms with Crippen LogP contribution in [0.25, 0.3) is 11.0 Å². The number of aliphatic hydroxyl groups excluding tert-OH is 1. The molecule has 156 valence electrons. The average molecular weight is 407 g/mol. The summed E-state index contributed by atoms with van der Waals surface area (Å²) >= 11 is 0. The third kappa shape index (κ3) is 2.66. The minimum absolute atomic E-state index is 0.350. The molecule has 5 atom stereocenters. The summed E-state index contributed by atoms with van der Waals surface area (Å²) in [4.78, 5) is 8.75. The van der Waals surface area contributed by atoms with Crippen LogP contribution in [0, 0.1) is 6.92 Å². The standard InChI is InChI=1S/C23H25N3O4/c1-12-16-8-9-26(21(16)25-11-24-12)22-20-19(29-23(2,3)30-20)18(28-22)17(27)15-7-5-13-4-6-14(13)10-15/h5,7-11,17-20,22,27H,4,6H2,1-3H3/t17-,18-,19-,20-,22?/m1/s1. The van der Waals surface area contributed by atoms with Crippen LogP contribution >= 0.6 is 0 Å². The van der Waals surface area contributed by atoms with Crippen molar-refractivity contribution in [2.24, 2.45) is 0 Å². The number of rotatable bonds is 3. The molecule has 30 heavy (non-hydrogen) atoms. The van der Waals surface area contributed by atoms with E-state index in [0.29, 0.717) is 0 Å². The van der Waals surface area contributed by atoms with Gasteiger partial charge in [0.2, 0.25) is 0 Å². The number of hydrogen-bond acceptors (Lipinski definition) is 6. The van der Waals surface area contributed by atoms with Crippen LogP contribution < -0.4 is 0 Å². The number of benzene rings is 1. The molecule has 2 fully saturated rings. The number of aliphatic hydroxyl groups is 1. The molecular weight excluding hydrogens is 382 g/mol. The van der Waals surface area contributed by atoms with E-state index in [9.17, 15) is 5.11 Å². The zero-order valence-corrected chi connectivity index (χ0v) is 17.3. The molecule has 6 rings (SSSR count). The number of fused-ring (bicyclic) bond motifs is 3. The summed E-state index contributed by atoms with van der Waals surface area (Å²) in [5, 5.41) is 12.2. The first kappa shape index (κ1) is 18.4. The van der Waals surface area contributed by atoms with Crippen molar-refractivity contribution < 1.29 is 19.3 Å². The highest BCUT2D eigenvalue weighted by Gasteiger charge is 2.58. The summed E-state index contributed by atoms with van der Waals surface area (Å²) in [5.74, 6) is -0.746. The van der Waals surface area contributed by atoms with Crippen LogP contribution in [0.5, 0.6) is 0 Å². The van der Waals surface area contributed by atoms with Crippen molar-refractivity contribution in [3.05, 3.63) is 59.2 Å². The Labute approximate surface area is 174 Å². The van der Waals surface area contributed by atoms with Crippen molar-refractivity contribution in [3.63, 3.8) is 0 Å².